The normalized spacial score (nSPS) is 12.2. The van der Waals surface area contributed by atoms with Crippen molar-refractivity contribution in [2.75, 3.05) is 0 Å². The van der Waals surface area contributed by atoms with Crippen LogP contribution in [-0.4, -0.2) is 23.8 Å². The number of sulfone groups is 1. The van der Waals surface area contributed by atoms with E-state index >= 15 is 0 Å². The summed E-state index contributed by atoms with van der Waals surface area (Å²) in [4.78, 5) is 16.9. The van der Waals surface area contributed by atoms with Crippen molar-refractivity contribution in [1.29, 1.82) is 0 Å². The number of benzene rings is 1. The summed E-state index contributed by atoms with van der Waals surface area (Å²) in [5, 5.41) is 20.9. The van der Waals surface area contributed by atoms with Gasteiger partial charge in [-0.25, -0.2) is 8.42 Å². The summed E-state index contributed by atoms with van der Waals surface area (Å²) in [5.41, 5.74) is -8.10. The molecule has 0 spiro atoms. The fourth-order valence-corrected chi connectivity index (χ4v) is 1.89. The molecule has 19 heavy (non-hydrogen) atoms. The zero-order valence-electron chi connectivity index (χ0n) is 8.62. The molecule has 12 heteroatoms. The fourth-order valence-electron chi connectivity index (χ4n) is 1.10. The summed E-state index contributed by atoms with van der Waals surface area (Å²) < 4.78 is 58.6. The van der Waals surface area contributed by atoms with Crippen LogP contribution >= 0.6 is 0 Å². The van der Waals surface area contributed by atoms with E-state index in [1.54, 1.807) is 0 Å². The summed E-state index contributed by atoms with van der Waals surface area (Å²) in [5.74, 6) is 0. The molecule has 104 valence electrons. The van der Waals surface area contributed by atoms with Crippen LogP contribution in [-0.2, 0) is 9.84 Å². The van der Waals surface area contributed by atoms with E-state index in [2.05, 4.69) is 0 Å². The minimum absolute atomic E-state index is 0.000949. The Labute approximate surface area is 102 Å². The molecular weight excluding hydrogens is 297 g/mol. The van der Waals surface area contributed by atoms with Crippen molar-refractivity contribution < 1.29 is 31.4 Å². The van der Waals surface area contributed by atoms with E-state index in [4.69, 9.17) is 0 Å². The first-order valence-electron chi connectivity index (χ1n) is 4.22. The lowest BCUT2D eigenvalue weighted by atomic mass is 10.3. The molecule has 1 aromatic rings. The number of nitro benzene ring substituents is 2. The molecule has 0 N–H and O–H groups in total. The van der Waals surface area contributed by atoms with Crippen molar-refractivity contribution in [2.24, 2.45) is 0 Å². The van der Waals surface area contributed by atoms with Crippen LogP contribution in [0.3, 0.4) is 0 Å². The number of halogens is 3. The highest BCUT2D eigenvalue weighted by molar-refractivity contribution is 7.92. The minimum atomic E-state index is -5.80. The van der Waals surface area contributed by atoms with Gasteiger partial charge in [-0.2, -0.15) is 13.2 Å². The summed E-state index contributed by atoms with van der Waals surface area (Å²) in [6.07, 6.45) is 0. The number of rotatable bonds is 3. The van der Waals surface area contributed by atoms with Crippen molar-refractivity contribution in [3.05, 3.63) is 38.4 Å². The van der Waals surface area contributed by atoms with Gasteiger partial charge in [0.05, 0.1) is 14.7 Å². The quantitative estimate of drug-likeness (QED) is 0.619. The molecule has 0 saturated heterocycles. The summed E-state index contributed by atoms with van der Waals surface area (Å²) in [6.45, 7) is 0. The first-order chi connectivity index (χ1) is 8.48. The molecule has 0 unspecified atom stereocenters. The number of alkyl halides is 3. The third kappa shape index (κ3) is 2.62. The number of hydrogen-bond acceptors (Lipinski definition) is 6. The standard InChI is InChI=1S/C7H3F3N2O6S/c8-7(9,10)19(17,18)4-1-2-5(11(13)14)6(3-4)12(15)16/h1-3H. The van der Waals surface area contributed by atoms with Crippen molar-refractivity contribution in [1.82, 2.24) is 0 Å². The Hall–Kier alpha value is -2.24. The van der Waals surface area contributed by atoms with Gasteiger partial charge in [0.2, 0.25) is 0 Å². The topological polar surface area (TPSA) is 120 Å². The number of nitrogens with zero attached hydrogens (tertiary/aromatic N) is 2. The molecule has 0 fully saturated rings. The number of nitro groups is 2. The Morgan fingerprint density at radius 2 is 1.47 bits per heavy atom. The molecule has 8 nitrogen and oxygen atoms in total. The van der Waals surface area contributed by atoms with Crippen LogP contribution in [0.25, 0.3) is 0 Å². The van der Waals surface area contributed by atoms with E-state index in [1.165, 1.54) is 0 Å². The molecule has 0 saturated carbocycles. The van der Waals surface area contributed by atoms with Gasteiger partial charge < -0.3 is 0 Å². The molecule has 0 aromatic heterocycles. The van der Waals surface area contributed by atoms with Gasteiger partial charge in [-0.3, -0.25) is 20.2 Å². The maximum absolute atomic E-state index is 12.2. The van der Waals surface area contributed by atoms with Gasteiger partial charge in [0.25, 0.3) is 9.84 Å². The molecule has 1 aromatic carbocycles. The highest BCUT2D eigenvalue weighted by atomic mass is 32.2. The van der Waals surface area contributed by atoms with Crippen LogP contribution in [0, 0.1) is 20.2 Å². The second kappa shape index (κ2) is 4.46. The van der Waals surface area contributed by atoms with Crippen molar-refractivity contribution >= 4 is 21.2 Å². The fraction of sp³-hybridized carbons (Fsp3) is 0.143. The van der Waals surface area contributed by atoms with Crippen LogP contribution in [0.1, 0.15) is 0 Å². The average molecular weight is 300 g/mol. The SMILES string of the molecule is O=[N+]([O-])c1ccc(S(=O)(=O)C(F)(F)F)cc1[N+](=O)[O-]. The molecule has 0 aliphatic rings. The van der Waals surface area contributed by atoms with Crippen LogP contribution < -0.4 is 0 Å². The van der Waals surface area contributed by atoms with Gasteiger partial charge in [0.15, 0.2) is 0 Å². The van der Waals surface area contributed by atoms with Crippen LogP contribution in [0.15, 0.2) is 23.1 Å². The van der Waals surface area contributed by atoms with Gasteiger partial charge in [-0.1, -0.05) is 0 Å². The van der Waals surface area contributed by atoms with Crippen molar-refractivity contribution in [3.63, 3.8) is 0 Å². The van der Waals surface area contributed by atoms with Crippen LogP contribution in [0.4, 0.5) is 24.5 Å². The third-order valence-electron chi connectivity index (χ3n) is 1.96. The second-order valence-corrected chi connectivity index (χ2v) is 5.06. The predicted molar refractivity (Wildman–Crippen MR) is 53.0 cm³/mol. The first-order valence-corrected chi connectivity index (χ1v) is 5.71. The number of hydrogen-bond donors (Lipinski definition) is 0. The molecule has 0 heterocycles. The van der Waals surface area contributed by atoms with Gasteiger partial charge in [-0.05, 0) is 6.07 Å². The molecule has 0 atom stereocenters. The minimum Gasteiger partial charge on any atom is -0.258 e. The average Bonchev–Trinajstić information content (AvgIpc) is 2.26. The van der Waals surface area contributed by atoms with Gasteiger partial charge in [0.1, 0.15) is 0 Å². The summed E-state index contributed by atoms with van der Waals surface area (Å²) in [6, 6.07) is 0.617. The Kier molecular flexibility index (Phi) is 3.48. The second-order valence-electron chi connectivity index (χ2n) is 3.11. The van der Waals surface area contributed by atoms with E-state index in [0.717, 1.165) is 0 Å². The van der Waals surface area contributed by atoms with Gasteiger partial charge in [-0.15, -0.1) is 0 Å². The molecule has 1 rings (SSSR count). The smallest absolute Gasteiger partial charge is 0.258 e. The van der Waals surface area contributed by atoms with E-state index in [9.17, 15) is 41.8 Å². The lowest BCUT2D eigenvalue weighted by Gasteiger charge is -2.07. The highest BCUT2D eigenvalue weighted by Crippen LogP contribution is 2.35. The lowest BCUT2D eigenvalue weighted by molar-refractivity contribution is -0.422. The third-order valence-corrected chi connectivity index (χ3v) is 3.44. The van der Waals surface area contributed by atoms with Gasteiger partial charge >= 0.3 is 16.9 Å². The molecule has 0 amide bonds. The van der Waals surface area contributed by atoms with E-state index < -0.39 is 41.5 Å². The van der Waals surface area contributed by atoms with Crippen LogP contribution in [0.5, 0.6) is 0 Å². The van der Waals surface area contributed by atoms with Crippen molar-refractivity contribution in [2.45, 2.75) is 10.4 Å². The first kappa shape index (κ1) is 14.8. The Bertz CT molecular complexity index is 653. The highest BCUT2D eigenvalue weighted by Gasteiger charge is 2.47. The largest absolute Gasteiger partial charge is 0.501 e. The van der Waals surface area contributed by atoms with E-state index in [1.807, 2.05) is 0 Å². The van der Waals surface area contributed by atoms with Crippen LogP contribution in [0.2, 0.25) is 0 Å². The Balaban J connectivity index is 3.57. The molecular formula is C7H3F3N2O6S. The van der Waals surface area contributed by atoms with E-state index in [0.29, 0.717) is 6.07 Å². The zero-order chi connectivity index (χ0) is 15.0. The van der Waals surface area contributed by atoms with E-state index in [-0.39, 0.29) is 12.1 Å². The lowest BCUT2D eigenvalue weighted by Crippen LogP contribution is -2.23. The molecule has 0 bridgehead atoms. The molecule has 0 aliphatic heterocycles. The Morgan fingerprint density at radius 3 is 1.84 bits per heavy atom. The summed E-state index contributed by atoms with van der Waals surface area (Å²) >= 11 is 0. The Morgan fingerprint density at radius 1 is 1.00 bits per heavy atom. The maximum Gasteiger partial charge on any atom is 0.501 e. The monoisotopic (exact) mass is 300 g/mol. The predicted octanol–water partition coefficient (Wildman–Crippen LogP) is 1.80. The molecule has 0 aliphatic carbocycles. The van der Waals surface area contributed by atoms with Gasteiger partial charge in [0, 0.05) is 12.1 Å². The zero-order valence-corrected chi connectivity index (χ0v) is 9.43. The summed E-state index contributed by atoms with van der Waals surface area (Å²) in [7, 11) is -5.80. The molecule has 0 radical (unpaired) electrons. The van der Waals surface area contributed by atoms with Crippen molar-refractivity contribution in [3.8, 4) is 0 Å². The maximum atomic E-state index is 12.2.